The molecule has 1 amide bonds. The van der Waals surface area contributed by atoms with Crippen LogP contribution in [0.3, 0.4) is 0 Å². The highest BCUT2D eigenvalue weighted by Crippen LogP contribution is 2.14. The summed E-state index contributed by atoms with van der Waals surface area (Å²) < 4.78 is 44.3. The molecule has 0 saturated carbocycles. The van der Waals surface area contributed by atoms with Gasteiger partial charge in [0.2, 0.25) is 10.0 Å². The third-order valence-corrected chi connectivity index (χ3v) is 5.34. The van der Waals surface area contributed by atoms with Gasteiger partial charge in [-0.2, -0.15) is 4.31 Å². The Morgan fingerprint density at radius 3 is 2.39 bits per heavy atom. The van der Waals surface area contributed by atoms with Crippen LogP contribution in [0.15, 0.2) is 24.3 Å². The van der Waals surface area contributed by atoms with Crippen molar-refractivity contribution in [1.82, 2.24) is 9.62 Å². The third kappa shape index (κ3) is 4.98. The number of halogens is 1. The van der Waals surface area contributed by atoms with Crippen molar-refractivity contribution < 1.29 is 22.3 Å². The van der Waals surface area contributed by atoms with Gasteiger partial charge in [-0.25, -0.2) is 12.8 Å². The van der Waals surface area contributed by atoms with Gasteiger partial charge < -0.3 is 10.1 Å². The van der Waals surface area contributed by atoms with Gasteiger partial charge in [-0.15, -0.1) is 0 Å². The molecule has 1 aliphatic rings. The Balaban J connectivity index is 1.87. The molecule has 1 aromatic carbocycles. The quantitative estimate of drug-likeness (QED) is 0.864. The summed E-state index contributed by atoms with van der Waals surface area (Å²) in [6.45, 7) is 4.29. The molecule has 1 aliphatic heterocycles. The van der Waals surface area contributed by atoms with E-state index < -0.39 is 21.7 Å². The molecule has 8 heteroatoms. The number of amides is 1. The lowest BCUT2D eigenvalue weighted by atomic mass is 10.2. The number of ether oxygens (including phenoxy) is 1. The minimum Gasteiger partial charge on any atom is -0.373 e. The molecule has 2 atom stereocenters. The molecule has 128 valence electrons. The van der Waals surface area contributed by atoms with Crippen LogP contribution < -0.4 is 5.32 Å². The maximum absolute atomic E-state index is 12.8. The minimum absolute atomic E-state index is 0.00133. The molecule has 6 nitrogen and oxygen atoms in total. The molecule has 0 bridgehead atoms. The lowest BCUT2D eigenvalue weighted by Crippen LogP contribution is -2.49. The van der Waals surface area contributed by atoms with Crippen molar-refractivity contribution in [2.24, 2.45) is 0 Å². The second-order valence-electron chi connectivity index (χ2n) is 5.65. The first-order valence-electron chi connectivity index (χ1n) is 7.45. The largest absolute Gasteiger partial charge is 0.373 e. The predicted molar refractivity (Wildman–Crippen MR) is 84.1 cm³/mol. The first-order chi connectivity index (χ1) is 10.8. The van der Waals surface area contributed by atoms with Crippen molar-refractivity contribution in [1.29, 1.82) is 0 Å². The highest BCUT2D eigenvalue weighted by atomic mass is 32.2. The van der Waals surface area contributed by atoms with Gasteiger partial charge >= 0.3 is 0 Å². The lowest BCUT2D eigenvalue weighted by molar-refractivity contribution is -0.0440. The van der Waals surface area contributed by atoms with Crippen molar-refractivity contribution in [3.8, 4) is 0 Å². The normalized spacial score (nSPS) is 22.7. The van der Waals surface area contributed by atoms with Crippen LogP contribution in [0.25, 0.3) is 0 Å². The molecule has 1 aromatic rings. The fourth-order valence-electron chi connectivity index (χ4n) is 2.48. The first kappa shape index (κ1) is 17.8. The second kappa shape index (κ2) is 7.37. The Morgan fingerprint density at radius 1 is 1.26 bits per heavy atom. The summed E-state index contributed by atoms with van der Waals surface area (Å²) in [5, 5.41) is 2.54. The molecular weight excluding hydrogens is 323 g/mol. The molecule has 0 spiro atoms. The van der Waals surface area contributed by atoms with Crippen LogP contribution in [0.5, 0.6) is 0 Å². The predicted octanol–water partition coefficient (Wildman–Crippen LogP) is 0.994. The smallest absolute Gasteiger partial charge is 0.251 e. The van der Waals surface area contributed by atoms with Crippen LogP contribution in [0, 0.1) is 5.82 Å². The summed E-state index contributed by atoms with van der Waals surface area (Å²) in [5.74, 6) is -1.04. The van der Waals surface area contributed by atoms with Crippen LogP contribution in [0.1, 0.15) is 24.2 Å². The van der Waals surface area contributed by atoms with E-state index in [4.69, 9.17) is 4.74 Å². The van der Waals surface area contributed by atoms with Gasteiger partial charge in [-0.3, -0.25) is 4.79 Å². The molecule has 2 rings (SSSR count). The molecule has 0 aliphatic carbocycles. The third-order valence-electron chi connectivity index (χ3n) is 3.53. The highest BCUT2D eigenvalue weighted by Gasteiger charge is 2.30. The molecule has 1 fully saturated rings. The van der Waals surface area contributed by atoms with Gasteiger partial charge in [0, 0.05) is 25.2 Å². The van der Waals surface area contributed by atoms with Gasteiger partial charge in [0.25, 0.3) is 5.91 Å². The second-order valence-corrected chi connectivity index (χ2v) is 7.74. The van der Waals surface area contributed by atoms with E-state index in [1.54, 1.807) is 0 Å². The van der Waals surface area contributed by atoms with Crippen LogP contribution in [0.2, 0.25) is 0 Å². The fraction of sp³-hybridized carbons (Fsp3) is 0.533. The van der Waals surface area contributed by atoms with E-state index in [0.717, 1.165) is 0 Å². The number of nitrogens with one attached hydrogen (secondary N) is 1. The number of rotatable bonds is 5. The van der Waals surface area contributed by atoms with Crippen molar-refractivity contribution in [2.75, 3.05) is 25.4 Å². The molecule has 0 unspecified atom stereocenters. The van der Waals surface area contributed by atoms with Gasteiger partial charge in [0.15, 0.2) is 0 Å². The van der Waals surface area contributed by atoms with E-state index in [1.165, 1.54) is 28.6 Å². The fourth-order valence-corrected chi connectivity index (χ4v) is 3.98. The van der Waals surface area contributed by atoms with Gasteiger partial charge in [-0.1, -0.05) is 0 Å². The number of hydrogen-bond donors (Lipinski definition) is 1. The van der Waals surface area contributed by atoms with Crippen molar-refractivity contribution in [3.05, 3.63) is 35.6 Å². The Hall–Kier alpha value is -1.51. The Morgan fingerprint density at radius 2 is 1.83 bits per heavy atom. The topological polar surface area (TPSA) is 75.7 Å². The van der Waals surface area contributed by atoms with E-state index in [0.29, 0.717) is 13.1 Å². The average Bonchev–Trinajstić information content (AvgIpc) is 2.46. The van der Waals surface area contributed by atoms with E-state index in [1.807, 2.05) is 13.8 Å². The van der Waals surface area contributed by atoms with Gasteiger partial charge in [0.1, 0.15) is 5.82 Å². The standard InChI is InChI=1S/C15H21FN2O4S/c1-11-9-18(10-12(2)22-11)23(20,21)8-7-17-15(19)13-3-5-14(16)6-4-13/h3-6,11-12H,7-10H2,1-2H3,(H,17,19)/t11-,12+. The summed E-state index contributed by atoms with van der Waals surface area (Å²) >= 11 is 0. The number of carbonyl (C=O) groups is 1. The summed E-state index contributed by atoms with van der Waals surface area (Å²) in [6, 6.07) is 5.07. The van der Waals surface area contributed by atoms with Crippen LogP contribution >= 0.6 is 0 Å². The van der Waals surface area contributed by atoms with Crippen molar-refractivity contribution in [3.63, 3.8) is 0 Å². The van der Waals surface area contributed by atoms with Gasteiger partial charge in [-0.05, 0) is 38.1 Å². The maximum Gasteiger partial charge on any atom is 0.251 e. The number of sulfonamides is 1. The van der Waals surface area contributed by atoms with E-state index >= 15 is 0 Å². The zero-order valence-corrected chi connectivity index (χ0v) is 14.0. The summed E-state index contributed by atoms with van der Waals surface area (Å²) in [4.78, 5) is 11.9. The average molecular weight is 344 g/mol. The van der Waals surface area contributed by atoms with Crippen LogP contribution in [-0.4, -0.2) is 56.2 Å². The van der Waals surface area contributed by atoms with E-state index in [-0.39, 0.29) is 30.1 Å². The van der Waals surface area contributed by atoms with Crippen molar-refractivity contribution >= 4 is 15.9 Å². The Bertz CT molecular complexity index is 638. The lowest BCUT2D eigenvalue weighted by Gasteiger charge is -2.34. The molecule has 1 heterocycles. The molecule has 1 saturated heterocycles. The number of benzene rings is 1. The summed E-state index contributed by atoms with van der Waals surface area (Å²) in [7, 11) is -3.46. The molecule has 23 heavy (non-hydrogen) atoms. The minimum atomic E-state index is -3.46. The SMILES string of the molecule is C[C@@H]1CN(S(=O)(=O)CCNC(=O)c2ccc(F)cc2)C[C@H](C)O1. The molecule has 0 aromatic heterocycles. The highest BCUT2D eigenvalue weighted by molar-refractivity contribution is 7.89. The zero-order chi connectivity index (χ0) is 17.0. The van der Waals surface area contributed by atoms with Crippen molar-refractivity contribution in [2.45, 2.75) is 26.1 Å². The number of carbonyl (C=O) groups excluding carboxylic acids is 1. The molecule has 1 N–H and O–H groups in total. The van der Waals surface area contributed by atoms with E-state index in [9.17, 15) is 17.6 Å². The number of nitrogens with zero attached hydrogens (tertiary/aromatic N) is 1. The Labute approximate surface area is 135 Å². The zero-order valence-electron chi connectivity index (χ0n) is 13.2. The summed E-state index contributed by atoms with van der Waals surface area (Å²) in [5.41, 5.74) is 0.289. The van der Waals surface area contributed by atoms with Crippen LogP contribution in [-0.2, 0) is 14.8 Å². The van der Waals surface area contributed by atoms with E-state index in [2.05, 4.69) is 5.32 Å². The van der Waals surface area contributed by atoms with Gasteiger partial charge in [0.05, 0.1) is 18.0 Å². The number of morpholine rings is 1. The maximum atomic E-state index is 12.8. The van der Waals surface area contributed by atoms with Crippen LogP contribution in [0.4, 0.5) is 4.39 Å². The number of hydrogen-bond acceptors (Lipinski definition) is 4. The Kier molecular flexibility index (Phi) is 5.72. The monoisotopic (exact) mass is 344 g/mol. The molecular formula is C15H21FN2O4S. The molecule has 0 radical (unpaired) electrons. The summed E-state index contributed by atoms with van der Waals surface area (Å²) in [6.07, 6.45) is -0.301. The first-order valence-corrected chi connectivity index (χ1v) is 9.06.